The fourth-order valence-electron chi connectivity index (χ4n) is 6.58. The zero-order valence-corrected chi connectivity index (χ0v) is 28.4. The van der Waals surface area contributed by atoms with Gasteiger partial charge in [0, 0.05) is 37.3 Å². The van der Waals surface area contributed by atoms with Gasteiger partial charge in [-0.25, -0.2) is 4.39 Å². The van der Waals surface area contributed by atoms with E-state index in [-0.39, 0.29) is 43.2 Å². The maximum atomic E-state index is 14.3. The topological polar surface area (TPSA) is 58.4 Å². The number of rotatable bonds is 13. The van der Waals surface area contributed by atoms with Crippen molar-refractivity contribution in [1.82, 2.24) is 19.4 Å². The van der Waals surface area contributed by atoms with Crippen LogP contribution in [0.25, 0.3) is 11.1 Å². The van der Waals surface area contributed by atoms with Gasteiger partial charge in [0.1, 0.15) is 18.2 Å². The molecule has 1 amide bonds. The molecule has 0 radical (unpaired) electrons. The van der Waals surface area contributed by atoms with Crippen LogP contribution in [0.5, 0.6) is 0 Å². The fourth-order valence-corrected chi connectivity index (χ4v) is 6.58. The molecule has 0 N–H and O–H groups in total. The summed E-state index contributed by atoms with van der Waals surface area (Å²) < 4.78 is 96.3. The molecule has 51 heavy (non-hydrogen) atoms. The van der Waals surface area contributed by atoms with Crippen LogP contribution < -0.4 is 5.56 Å². The van der Waals surface area contributed by atoms with E-state index in [1.165, 1.54) is 24.3 Å². The molecule has 1 heterocycles. The Hall–Kier alpha value is -4.52. The zero-order chi connectivity index (χ0) is 36.9. The molecule has 6 nitrogen and oxygen atoms in total. The number of fused-ring (bicyclic) bond motifs is 1. The van der Waals surface area contributed by atoms with E-state index < -0.39 is 34.9 Å². The third-order valence-corrected chi connectivity index (χ3v) is 9.42. The summed E-state index contributed by atoms with van der Waals surface area (Å²) >= 11 is 0. The molecule has 5 rings (SSSR count). The van der Waals surface area contributed by atoms with Gasteiger partial charge in [0.15, 0.2) is 0 Å². The number of halogens is 7. The molecule has 0 unspecified atom stereocenters. The second-order valence-electron chi connectivity index (χ2n) is 12.6. The maximum absolute atomic E-state index is 14.3. The second kappa shape index (κ2) is 15.8. The quantitative estimate of drug-likeness (QED) is 0.133. The smallest absolute Gasteiger partial charge is 0.336 e. The van der Waals surface area contributed by atoms with Crippen molar-refractivity contribution in [3.8, 4) is 11.1 Å². The third-order valence-electron chi connectivity index (χ3n) is 9.42. The summed E-state index contributed by atoms with van der Waals surface area (Å²) in [6.07, 6.45) is -8.06. The molecule has 0 saturated heterocycles. The average Bonchev–Trinajstić information content (AvgIpc) is 3.59. The highest BCUT2D eigenvalue weighted by atomic mass is 19.4. The first kappa shape index (κ1) is 37.7. The number of hydrogen-bond acceptors (Lipinski definition) is 4. The highest BCUT2D eigenvalue weighted by molar-refractivity contribution is 5.76. The molecule has 1 aliphatic rings. The van der Waals surface area contributed by atoms with Crippen molar-refractivity contribution in [2.24, 2.45) is 0 Å². The van der Waals surface area contributed by atoms with Gasteiger partial charge in [0.05, 0.1) is 11.1 Å². The lowest BCUT2D eigenvalue weighted by atomic mass is 10.0. The number of alkyl halides is 6. The molecule has 0 aliphatic heterocycles. The molecule has 0 atom stereocenters. The van der Waals surface area contributed by atoms with Crippen molar-refractivity contribution in [2.45, 2.75) is 71.4 Å². The average molecular weight is 717 g/mol. The number of carbonyl (C=O) groups excluding carboxylic acids is 1. The molecule has 0 fully saturated rings. The minimum absolute atomic E-state index is 0.118. The first-order valence-electron chi connectivity index (χ1n) is 16.9. The molecule has 1 aromatic heterocycles. The summed E-state index contributed by atoms with van der Waals surface area (Å²) in [6.45, 7) is 6.53. The number of amides is 1. The van der Waals surface area contributed by atoms with Gasteiger partial charge in [0.25, 0.3) is 5.56 Å². The molecule has 1 aliphatic carbocycles. The van der Waals surface area contributed by atoms with Crippen molar-refractivity contribution in [3.63, 3.8) is 0 Å². The van der Waals surface area contributed by atoms with Crippen molar-refractivity contribution < 1.29 is 35.5 Å². The van der Waals surface area contributed by atoms with Crippen LogP contribution in [0.15, 0.2) is 71.5 Å². The predicted octanol–water partition coefficient (Wildman–Crippen LogP) is 7.73. The normalized spacial score (nSPS) is 13.1. The van der Waals surface area contributed by atoms with Crippen LogP contribution in [0.2, 0.25) is 0 Å². The Labute approximate surface area is 291 Å². The molecule has 0 saturated carbocycles. The molecular weight excluding hydrogens is 677 g/mol. The molecule has 0 spiro atoms. The van der Waals surface area contributed by atoms with Gasteiger partial charge in [0.2, 0.25) is 5.91 Å². The minimum atomic E-state index is -4.91. The number of benzene rings is 3. The van der Waals surface area contributed by atoms with Gasteiger partial charge in [-0.3, -0.25) is 9.59 Å². The lowest BCUT2D eigenvalue weighted by molar-refractivity contribution is -0.140. The van der Waals surface area contributed by atoms with Gasteiger partial charge in [-0.1, -0.05) is 62.4 Å². The van der Waals surface area contributed by atoms with Crippen molar-refractivity contribution >= 4 is 5.91 Å². The Balaban J connectivity index is 1.41. The van der Waals surface area contributed by atoms with Crippen LogP contribution in [0.3, 0.4) is 0 Å². The van der Waals surface area contributed by atoms with Crippen LogP contribution in [0, 0.1) is 5.82 Å². The summed E-state index contributed by atoms with van der Waals surface area (Å²) in [4.78, 5) is 35.2. The SMILES string of the molecule is CCN(CC)CCN(Cc1ccc(-c2ccc(C(F)(F)F)cc2)cc1)C(=O)Cn1c(CCc2cccc(F)c2C(F)(F)F)nc(=O)c2c1CCC2. The van der Waals surface area contributed by atoms with Crippen molar-refractivity contribution in [3.05, 3.63) is 122 Å². The lowest BCUT2D eigenvalue weighted by Crippen LogP contribution is -2.40. The lowest BCUT2D eigenvalue weighted by Gasteiger charge is -2.28. The highest BCUT2D eigenvalue weighted by Crippen LogP contribution is 2.35. The number of nitrogens with zero attached hydrogens (tertiary/aromatic N) is 4. The Bertz CT molecular complexity index is 1880. The van der Waals surface area contributed by atoms with Gasteiger partial charge >= 0.3 is 12.4 Å². The molecule has 4 aromatic rings. The van der Waals surface area contributed by atoms with Gasteiger partial charge < -0.3 is 14.4 Å². The summed E-state index contributed by atoms with van der Waals surface area (Å²) in [5.74, 6) is -1.50. The Morgan fingerprint density at radius 2 is 1.47 bits per heavy atom. The van der Waals surface area contributed by atoms with Crippen LogP contribution in [0.4, 0.5) is 30.7 Å². The van der Waals surface area contributed by atoms with Crippen LogP contribution in [-0.2, 0) is 55.9 Å². The number of carbonyl (C=O) groups is 1. The van der Waals surface area contributed by atoms with E-state index in [1.54, 1.807) is 21.6 Å². The summed E-state index contributed by atoms with van der Waals surface area (Å²) in [5.41, 5.74) is 0.392. The molecule has 13 heteroatoms. The number of hydrogen-bond donors (Lipinski definition) is 0. The third kappa shape index (κ3) is 9.05. The van der Waals surface area contributed by atoms with E-state index in [2.05, 4.69) is 9.88 Å². The number of aromatic nitrogens is 2. The van der Waals surface area contributed by atoms with Gasteiger partial charge in [-0.15, -0.1) is 0 Å². The standard InChI is InChI=1S/C38H39F7N4O2/c1-3-47(4-2)21-22-48(23-25-11-13-26(14-12-25)27-15-18-29(19-16-27)37(40,41)42)34(50)24-49-32-10-6-8-30(32)36(51)46-33(49)20-17-28-7-5-9-31(39)35(28)38(43,44)45/h5,7,9,11-16,18-19H,3-4,6,8,10,17,20-24H2,1-2H3. The van der Waals surface area contributed by atoms with Gasteiger partial charge in [-0.2, -0.15) is 31.3 Å². The van der Waals surface area contributed by atoms with Gasteiger partial charge in [-0.05, 0) is 79.2 Å². The highest BCUT2D eigenvalue weighted by Gasteiger charge is 2.37. The van der Waals surface area contributed by atoms with Crippen molar-refractivity contribution in [1.29, 1.82) is 0 Å². The van der Waals surface area contributed by atoms with E-state index in [0.29, 0.717) is 54.7 Å². The summed E-state index contributed by atoms with van der Waals surface area (Å²) in [7, 11) is 0. The van der Waals surface area contributed by atoms with E-state index in [9.17, 15) is 40.3 Å². The first-order chi connectivity index (χ1) is 24.2. The predicted molar refractivity (Wildman–Crippen MR) is 179 cm³/mol. The molecule has 0 bridgehead atoms. The minimum Gasteiger partial charge on any atom is -0.336 e. The van der Waals surface area contributed by atoms with Crippen molar-refractivity contribution in [2.75, 3.05) is 26.2 Å². The monoisotopic (exact) mass is 716 g/mol. The largest absolute Gasteiger partial charge is 0.419 e. The molecular formula is C38H39F7N4O2. The Kier molecular flexibility index (Phi) is 11.7. The summed E-state index contributed by atoms with van der Waals surface area (Å²) in [6, 6.07) is 15.2. The maximum Gasteiger partial charge on any atom is 0.419 e. The Morgan fingerprint density at radius 3 is 2.08 bits per heavy atom. The number of aryl methyl sites for hydroxylation is 2. The van der Waals surface area contributed by atoms with E-state index in [1.807, 2.05) is 26.0 Å². The Morgan fingerprint density at radius 1 is 0.824 bits per heavy atom. The molecule has 272 valence electrons. The van der Waals surface area contributed by atoms with E-state index in [0.717, 1.165) is 36.9 Å². The van der Waals surface area contributed by atoms with Crippen LogP contribution in [-0.4, -0.2) is 51.4 Å². The fraction of sp³-hybridized carbons (Fsp3) is 0.395. The first-order valence-corrected chi connectivity index (χ1v) is 16.9. The van der Waals surface area contributed by atoms with E-state index in [4.69, 9.17) is 0 Å². The number of likely N-dealkylation sites (N-methyl/N-ethyl adjacent to an activating group) is 1. The summed E-state index contributed by atoms with van der Waals surface area (Å²) in [5, 5.41) is 0. The zero-order valence-electron chi connectivity index (χ0n) is 28.4. The van der Waals surface area contributed by atoms with Crippen LogP contribution in [0.1, 0.15) is 59.6 Å². The van der Waals surface area contributed by atoms with E-state index >= 15 is 0 Å². The molecule has 3 aromatic carbocycles. The second-order valence-corrected chi connectivity index (χ2v) is 12.6. The van der Waals surface area contributed by atoms with Crippen LogP contribution >= 0.6 is 0 Å².